The number of hydrogen-bond donors (Lipinski definition) is 2. The highest BCUT2D eigenvalue weighted by Gasteiger charge is 2.21. The largest absolute Gasteiger partial charge is 0.475 e. The number of aromatic nitrogens is 2. The molecule has 1 fully saturated rings. The second kappa shape index (κ2) is 5.91. The SMILES string of the molecule is N#Cc1c[nH]c(=O)c2cc3ccnc(OCC4CCC(=O)N4)c3cc12. The number of nitriles is 1. The average Bonchev–Trinajstić information content (AvgIpc) is 3.04. The van der Waals surface area contributed by atoms with E-state index in [1.165, 1.54) is 6.20 Å². The van der Waals surface area contributed by atoms with Gasteiger partial charge in [-0.05, 0) is 30.0 Å². The Balaban J connectivity index is 1.79. The summed E-state index contributed by atoms with van der Waals surface area (Å²) in [6.07, 6.45) is 4.26. The molecule has 25 heavy (non-hydrogen) atoms. The van der Waals surface area contributed by atoms with Crippen molar-refractivity contribution in [3.8, 4) is 11.9 Å². The number of ether oxygens (including phenoxy) is 1. The molecular weight excluding hydrogens is 320 g/mol. The molecule has 2 N–H and O–H groups in total. The summed E-state index contributed by atoms with van der Waals surface area (Å²) in [6.45, 7) is 0.330. The molecule has 1 unspecified atom stereocenters. The second-order valence-electron chi connectivity index (χ2n) is 5.99. The fourth-order valence-electron chi connectivity index (χ4n) is 3.09. The molecule has 1 aliphatic heterocycles. The number of nitrogens with one attached hydrogen (secondary N) is 2. The fourth-order valence-corrected chi connectivity index (χ4v) is 3.09. The molecule has 7 heteroatoms. The van der Waals surface area contributed by atoms with E-state index in [-0.39, 0.29) is 17.5 Å². The van der Waals surface area contributed by atoms with Gasteiger partial charge >= 0.3 is 0 Å². The third kappa shape index (κ3) is 2.68. The lowest BCUT2D eigenvalue weighted by atomic mass is 10.0. The van der Waals surface area contributed by atoms with Crippen LogP contribution in [-0.2, 0) is 4.79 Å². The fraction of sp³-hybridized carbons (Fsp3) is 0.222. The van der Waals surface area contributed by atoms with E-state index in [2.05, 4.69) is 21.4 Å². The first-order chi connectivity index (χ1) is 12.2. The maximum absolute atomic E-state index is 12.1. The molecule has 124 valence electrons. The molecule has 1 aromatic carbocycles. The molecule has 0 aliphatic carbocycles. The summed E-state index contributed by atoms with van der Waals surface area (Å²) in [7, 11) is 0. The van der Waals surface area contributed by atoms with E-state index in [1.54, 1.807) is 24.4 Å². The molecule has 4 rings (SSSR count). The van der Waals surface area contributed by atoms with Gasteiger partial charge in [0.1, 0.15) is 12.7 Å². The number of amides is 1. The highest BCUT2D eigenvalue weighted by atomic mass is 16.5. The van der Waals surface area contributed by atoms with Crippen LogP contribution in [0.2, 0.25) is 0 Å². The zero-order valence-corrected chi connectivity index (χ0v) is 13.2. The average molecular weight is 334 g/mol. The van der Waals surface area contributed by atoms with Crippen LogP contribution >= 0.6 is 0 Å². The lowest BCUT2D eigenvalue weighted by molar-refractivity contribution is -0.119. The highest BCUT2D eigenvalue weighted by molar-refractivity contribution is 6.01. The van der Waals surface area contributed by atoms with Crippen LogP contribution in [-0.4, -0.2) is 28.5 Å². The van der Waals surface area contributed by atoms with Gasteiger partial charge in [-0.1, -0.05) is 0 Å². The van der Waals surface area contributed by atoms with Gasteiger partial charge in [0.25, 0.3) is 5.56 Å². The van der Waals surface area contributed by atoms with Crippen LogP contribution in [0.3, 0.4) is 0 Å². The lowest BCUT2D eigenvalue weighted by Crippen LogP contribution is -2.31. The van der Waals surface area contributed by atoms with Crippen LogP contribution in [0.5, 0.6) is 5.88 Å². The lowest BCUT2D eigenvalue weighted by Gasteiger charge is -2.13. The van der Waals surface area contributed by atoms with Gasteiger partial charge in [-0.15, -0.1) is 0 Å². The van der Waals surface area contributed by atoms with Crippen LogP contribution in [0.15, 0.2) is 35.4 Å². The van der Waals surface area contributed by atoms with Crippen LogP contribution in [0.25, 0.3) is 21.5 Å². The number of H-pyrrole nitrogens is 1. The van der Waals surface area contributed by atoms with E-state index in [0.717, 1.165) is 17.2 Å². The summed E-state index contributed by atoms with van der Waals surface area (Å²) in [5.41, 5.74) is 0.137. The van der Waals surface area contributed by atoms with E-state index < -0.39 is 0 Å². The van der Waals surface area contributed by atoms with Gasteiger partial charge in [0.05, 0.1) is 11.6 Å². The molecule has 0 saturated carbocycles. The summed E-state index contributed by atoms with van der Waals surface area (Å²) in [5, 5.41) is 14.7. The van der Waals surface area contributed by atoms with Crippen molar-refractivity contribution in [2.75, 3.05) is 6.61 Å². The van der Waals surface area contributed by atoms with Crippen LogP contribution < -0.4 is 15.6 Å². The van der Waals surface area contributed by atoms with Crippen molar-refractivity contribution in [3.63, 3.8) is 0 Å². The summed E-state index contributed by atoms with van der Waals surface area (Å²) in [5.74, 6) is 0.452. The number of benzene rings is 1. The van der Waals surface area contributed by atoms with Gasteiger partial charge in [-0.2, -0.15) is 5.26 Å². The van der Waals surface area contributed by atoms with E-state index in [9.17, 15) is 14.9 Å². The quantitative estimate of drug-likeness (QED) is 0.707. The molecule has 7 nitrogen and oxygen atoms in total. The van der Waals surface area contributed by atoms with Gasteiger partial charge < -0.3 is 15.0 Å². The predicted octanol–water partition coefficient (Wildman–Crippen LogP) is 1.61. The number of hydrogen-bond acceptors (Lipinski definition) is 5. The van der Waals surface area contributed by atoms with Gasteiger partial charge in [-0.3, -0.25) is 9.59 Å². The molecule has 1 aliphatic rings. The zero-order chi connectivity index (χ0) is 17.4. The Morgan fingerprint density at radius 1 is 1.28 bits per heavy atom. The van der Waals surface area contributed by atoms with Crippen LogP contribution in [0, 0.1) is 11.3 Å². The van der Waals surface area contributed by atoms with E-state index in [4.69, 9.17) is 4.74 Å². The summed E-state index contributed by atoms with van der Waals surface area (Å²) >= 11 is 0. The third-order valence-electron chi connectivity index (χ3n) is 4.38. The van der Waals surface area contributed by atoms with Crippen molar-refractivity contribution in [2.45, 2.75) is 18.9 Å². The Morgan fingerprint density at radius 2 is 2.16 bits per heavy atom. The van der Waals surface area contributed by atoms with Gasteiger partial charge in [0, 0.05) is 35.0 Å². The first-order valence-electron chi connectivity index (χ1n) is 7.92. The molecule has 1 atom stereocenters. The van der Waals surface area contributed by atoms with Crippen LogP contribution in [0.1, 0.15) is 18.4 Å². The third-order valence-corrected chi connectivity index (χ3v) is 4.38. The summed E-state index contributed by atoms with van der Waals surface area (Å²) in [4.78, 5) is 30.2. The topological polar surface area (TPSA) is 108 Å². The number of carbonyl (C=O) groups excluding carboxylic acids is 1. The molecule has 3 heterocycles. The van der Waals surface area contributed by atoms with Crippen molar-refractivity contribution >= 4 is 27.5 Å². The monoisotopic (exact) mass is 334 g/mol. The Labute approximate surface area is 142 Å². The molecule has 3 aromatic rings. The predicted molar refractivity (Wildman–Crippen MR) is 91.2 cm³/mol. The first-order valence-corrected chi connectivity index (χ1v) is 7.92. The van der Waals surface area contributed by atoms with E-state index in [1.807, 2.05) is 0 Å². The number of fused-ring (bicyclic) bond motifs is 2. The van der Waals surface area contributed by atoms with Crippen molar-refractivity contribution in [2.24, 2.45) is 0 Å². The van der Waals surface area contributed by atoms with Gasteiger partial charge in [-0.25, -0.2) is 4.98 Å². The minimum absolute atomic E-state index is 0.0254. The Hall–Kier alpha value is -3.40. The van der Waals surface area contributed by atoms with Crippen molar-refractivity contribution < 1.29 is 9.53 Å². The number of aromatic amines is 1. The van der Waals surface area contributed by atoms with Gasteiger partial charge in [0.15, 0.2) is 0 Å². The number of carbonyl (C=O) groups is 1. The van der Waals surface area contributed by atoms with Crippen molar-refractivity contribution in [1.29, 1.82) is 5.26 Å². The Morgan fingerprint density at radius 3 is 2.92 bits per heavy atom. The normalized spacial score (nSPS) is 16.8. The summed E-state index contributed by atoms with van der Waals surface area (Å²) < 4.78 is 5.81. The molecular formula is C18H14N4O3. The standard InChI is InChI=1S/C18H14N4O3/c19-7-11-8-21-17(24)15-5-10-3-4-20-18(14(10)6-13(11)15)25-9-12-1-2-16(23)22-12/h3-6,8,12H,1-2,9H2,(H,21,24)(H,22,23). The smallest absolute Gasteiger partial charge is 0.255 e. The van der Waals surface area contributed by atoms with E-state index in [0.29, 0.717) is 35.2 Å². The molecule has 0 spiro atoms. The van der Waals surface area contributed by atoms with Gasteiger partial charge in [0.2, 0.25) is 11.8 Å². The zero-order valence-electron chi connectivity index (χ0n) is 13.2. The highest BCUT2D eigenvalue weighted by Crippen LogP contribution is 2.28. The number of pyridine rings is 2. The minimum atomic E-state index is -0.246. The maximum Gasteiger partial charge on any atom is 0.255 e. The van der Waals surface area contributed by atoms with Crippen molar-refractivity contribution in [1.82, 2.24) is 15.3 Å². The van der Waals surface area contributed by atoms with Crippen LogP contribution in [0.4, 0.5) is 0 Å². The van der Waals surface area contributed by atoms with E-state index >= 15 is 0 Å². The first kappa shape index (κ1) is 15.1. The minimum Gasteiger partial charge on any atom is -0.475 e. The summed E-state index contributed by atoms with van der Waals surface area (Å²) in [6, 6.07) is 7.34. The number of nitrogens with zero attached hydrogens (tertiary/aromatic N) is 2. The second-order valence-corrected chi connectivity index (χ2v) is 5.99. The molecule has 0 radical (unpaired) electrons. The molecule has 1 amide bonds. The number of rotatable bonds is 3. The maximum atomic E-state index is 12.1. The molecule has 0 bridgehead atoms. The molecule has 1 saturated heterocycles. The Kier molecular flexibility index (Phi) is 3.58. The molecule has 2 aromatic heterocycles. The Bertz CT molecular complexity index is 1100. The van der Waals surface area contributed by atoms with Crippen molar-refractivity contribution in [3.05, 3.63) is 46.5 Å².